The van der Waals surface area contributed by atoms with Crippen molar-refractivity contribution >= 4 is 5.91 Å². The second kappa shape index (κ2) is 8.48. The molecule has 1 fully saturated rings. The summed E-state index contributed by atoms with van der Waals surface area (Å²) in [6, 6.07) is 0.404. The molecule has 4 nitrogen and oxygen atoms in total. The number of carbonyl (C=O) groups is 1. The van der Waals surface area contributed by atoms with Gasteiger partial charge in [-0.05, 0) is 38.5 Å². The van der Waals surface area contributed by atoms with Crippen LogP contribution in [0.3, 0.4) is 0 Å². The summed E-state index contributed by atoms with van der Waals surface area (Å²) in [5, 5.41) is 6.30. The highest BCUT2D eigenvalue weighted by Gasteiger charge is 2.23. The Bertz CT molecular complexity index is 238. The summed E-state index contributed by atoms with van der Waals surface area (Å²) in [6.45, 7) is 5.36. The lowest BCUT2D eigenvalue weighted by atomic mass is 9.84. The molecule has 0 heterocycles. The molecule has 1 unspecified atom stereocenters. The molecule has 1 aliphatic carbocycles. The minimum Gasteiger partial charge on any atom is -0.383 e. The predicted molar refractivity (Wildman–Crippen MR) is 73.5 cm³/mol. The fraction of sp³-hybridized carbons (Fsp3) is 0.929. The van der Waals surface area contributed by atoms with Crippen molar-refractivity contribution in [2.45, 2.75) is 58.0 Å². The van der Waals surface area contributed by atoms with Crippen LogP contribution < -0.4 is 10.6 Å². The average Bonchev–Trinajstić information content (AvgIpc) is 2.39. The Hall–Kier alpha value is -0.610. The van der Waals surface area contributed by atoms with Crippen molar-refractivity contribution in [3.8, 4) is 0 Å². The SMILES string of the molecule is CCC1CCC(NC(C)C(=O)NCCOC)CC1. The topological polar surface area (TPSA) is 50.4 Å². The Morgan fingerprint density at radius 3 is 2.56 bits per heavy atom. The monoisotopic (exact) mass is 256 g/mol. The van der Waals surface area contributed by atoms with Gasteiger partial charge in [-0.3, -0.25) is 4.79 Å². The van der Waals surface area contributed by atoms with Gasteiger partial charge < -0.3 is 15.4 Å². The summed E-state index contributed by atoms with van der Waals surface area (Å²) in [6.07, 6.45) is 6.29. The van der Waals surface area contributed by atoms with Crippen molar-refractivity contribution in [2.24, 2.45) is 5.92 Å². The molecule has 0 bridgehead atoms. The number of hydrogen-bond donors (Lipinski definition) is 2. The number of hydrogen-bond acceptors (Lipinski definition) is 3. The van der Waals surface area contributed by atoms with Crippen LogP contribution in [0, 0.1) is 5.92 Å². The Kier molecular flexibility index (Phi) is 7.28. The van der Waals surface area contributed by atoms with Crippen molar-refractivity contribution in [1.82, 2.24) is 10.6 Å². The molecule has 0 aliphatic heterocycles. The van der Waals surface area contributed by atoms with Gasteiger partial charge in [0.1, 0.15) is 0 Å². The van der Waals surface area contributed by atoms with E-state index in [1.54, 1.807) is 7.11 Å². The van der Waals surface area contributed by atoms with Crippen LogP contribution in [0.25, 0.3) is 0 Å². The van der Waals surface area contributed by atoms with Crippen molar-refractivity contribution in [3.63, 3.8) is 0 Å². The van der Waals surface area contributed by atoms with Crippen LogP contribution in [-0.2, 0) is 9.53 Å². The average molecular weight is 256 g/mol. The number of methoxy groups -OCH3 is 1. The highest BCUT2D eigenvalue weighted by atomic mass is 16.5. The van der Waals surface area contributed by atoms with Crippen LogP contribution in [0.2, 0.25) is 0 Å². The Morgan fingerprint density at radius 2 is 2.00 bits per heavy atom. The maximum atomic E-state index is 11.8. The largest absolute Gasteiger partial charge is 0.383 e. The molecule has 0 aromatic carbocycles. The Morgan fingerprint density at radius 1 is 1.33 bits per heavy atom. The van der Waals surface area contributed by atoms with E-state index in [1.165, 1.54) is 32.1 Å². The fourth-order valence-electron chi connectivity index (χ4n) is 2.60. The van der Waals surface area contributed by atoms with Crippen molar-refractivity contribution in [2.75, 3.05) is 20.3 Å². The standard InChI is InChI=1S/C14H28N2O2/c1-4-12-5-7-13(8-6-12)16-11(2)14(17)15-9-10-18-3/h11-13,16H,4-10H2,1-3H3,(H,15,17). The second-order valence-corrected chi connectivity index (χ2v) is 5.30. The molecule has 0 radical (unpaired) electrons. The highest BCUT2D eigenvalue weighted by molar-refractivity contribution is 5.81. The molecule has 1 amide bonds. The van der Waals surface area contributed by atoms with E-state index < -0.39 is 0 Å². The number of amides is 1. The van der Waals surface area contributed by atoms with Crippen molar-refractivity contribution < 1.29 is 9.53 Å². The molecule has 1 atom stereocenters. The van der Waals surface area contributed by atoms with E-state index in [0.717, 1.165) is 5.92 Å². The molecule has 1 rings (SSSR count). The first kappa shape index (κ1) is 15.4. The van der Waals surface area contributed by atoms with E-state index in [9.17, 15) is 4.79 Å². The van der Waals surface area contributed by atoms with Crippen LogP contribution in [-0.4, -0.2) is 38.3 Å². The summed E-state index contributed by atoms with van der Waals surface area (Å²) < 4.78 is 4.91. The first-order valence-corrected chi connectivity index (χ1v) is 7.20. The number of nitrogens with one attached hydrogen (secondary N) is 2. The zero-order chi connectivity index (χ0) is 13.4. The third-order valence-electron chi connectivity index (χ3n) is 3.91. The lowest BCUT2D eigenvalue weighted by molar-refractivity contribution is -0.123. The molecule has 1 saturated carbocycles. The summed E-state index contributed by atoms with van der Waals surface area (Å²) in [5.74, 6) is 0.971. The lowest BCUT2D eigenvalue weighted by Gasteiger charge is -2.30. The molecule has 4 heteroatoms. The van der Waals surface area contributed by atoms with E-state index >= 15 is 0 Å². The molecule has 0 aromatic rings. The van der Waals surface area contributed by atoms with Crippen LogP contribution in [0.5, 0.6) is 0 Å². The summed E-state index contributed by atoms with van der Waals surface area (Å²) in [4.78, 5) is 11.8. The van der Waals surface area contributed by atoms with Gasteiger partial charge in [-0.2, -0.15) is 0 Å². The van der Waals surface area contributed by atoms with Crippen LogP contribution in [0.15, 0.2) is 0 Å². The van der Waals surface area contributed by atoms with Gasteiger partial charge in [-0.15, -0.1) is 0 Å². The third kappa shape index (κ3) is 5.36. The number of carbonyl (C=O) groups excluding carboxylic acids is 1. The lowest BCUT2D eigenvalue weighted by Crippen LogP contribution is -2.48. The molecular formula is C14H28N2O2. The number of rotatable bonds is 7. The third-order valence-corrected chi connectivity index (χ3v) is 3.91. The van der Waals surface area contributed by atoms with Gasteiger partial charge in [-0.1, -0.05) is 13.3 Å². The van der Waals surface area contributed by atoms with E-state index in [4.69, 9.17) is 4.74 Å². The summed E-state index contributed by atoms with van der Waals surface area (Å²) in [7, 11) is 1.64. The first-order chi connectivity index (χ1) is 8.67. The molecule has 0 saturated heterocycles. The molecular weight excluding hydrogens is 228 g/mol. The Balaban J connectivity index is 2.19. The molecule has 106 valence electrons. The van der Waals surface area contributed by atoms with E-state index in [2.05, 4.69) is 17.6 Å². The van der Waals surface area contributed by atoms with Crippen LogP contribution in [0.4, 0.5) is 0 Å². The first-order valence-electron chi connectivity index (χ1n) is 7.20. The van der Waals surface area contributed by atoms with Gasteiger partial charge >= 0.3 is 0 Å². The van der Waals surface area contributed by atoms with Crippen LogP contribution >= 0.6 is 0 Å². The van der Waals surface area contributed by atoms with Gasteiger partial charge in [0.2, 0.25) is 5.91 Å². The summed E-state index contributed by atoms with van der Waals surface area (Å²) >= 11 is 0. The van der Waals surface area contributed by atoms with E-state index in [-0.39, 0.29) is 11.9 Å². The minimum absolute atomic E-state index is 0.0738. The van der Waals surface area contributed by atoms with Gasteiger partial charge in [0, 0.05) is 19.7 Å². The van der Waals surface area contributed by atoms with Gasteiger partial charge in [0.05, 0.1) is 12.6 Å². The van der Waals surface area contributed by atoms with Gasteiger partial charge in [0.25, 0.3) is 0 Å². The number of ether oxygens (including phenoxy) is 1. The normalized spacial score (nSPS) is 25.7. The maximum Gasteiger partial charge on any atom is 0.236 e. The highest BCUT2D eigenvalue weighted by Crippen LogP contribution is 2.26. The second-order valence-electron chi connectivity index (χ2n) is 5.30. The van der Waals surface area contributed by atoms with Gasteiger partial charge in [0.15, 0.2) is 0 Å². The van der Waals surface area contributed by atoms with E-state index in [1.807, 2.05) is 6.92 Å². The van der Waals surface area contributed by atoms with Crippen molar-refractivity contribution in [3.05, 3.63) is 0 Å². The zero-order valence-electron chi connectivity index (χ0n) is 12.0. The molecule has 1 aliphatic rings. The smallest absolute Gasteiger partial charge is 0.236 e. The Labute approximate surface area is 111 Å². The zero-order valence-corrected chi connectivity index (χ0v) is 12.0. The van der Waals surface area contributed by atoms with Crippen molar-refractivity contribution in [1.29, 1.82) is 0 Å². The minimum atomic E-state index is -0.106. The molecule has 0 aromatic heterocycles. The predicted octanol–water partition coefficient (Wildman–Crippen LogP) is 1.70. The molecule has 18 heavy (non-hydrogen) atoms. The summed E-state index contributed by atoms with van der Waals surface area (Å²) in [5.41, 5.74) is 0. The van der Waals surface area contributed by atoms with Gasteiger partial charge in [-0.25, -0.2) is 0 Å². The maximum absolute atomic E-state index is 11.8. The quantitative estimate of drug-likeness (QED) is 0.682. The molecule has 0 spiro atoms. The fourth-order valence-corrected chi connectivity index (χ4v) is 2.60. The van der Waals surface area contributed by atoms with Crippen LogP contribution in [0.1, 0.15) is 46.0 Å². The molecule has 2 N–H and O–H groups in total. The van der Waals surface area contributed by atoms with E-state index in [0.29, 0.717) is 19.2 Å².